The standard InChI is InChI=1S/C10H9FO/c1-8(12)7-10(11)9-5-3-2-4-6-9/h2-7H,1H3/b10-7-. The minimum atomic E-state index is -0.483. The second-order valence-corrected chi connectivity index (χ2v) is 2.47. The predicted molar refractivity (Wildman–Crippen MR) is 46.2 cm³/mol. The van der Waals surface area contributed by atoms with Gasteiger partial charge >= 0.3 is 0 Å². The van der Waals surface area contributed by atoms with Gasteiger partial charge in [-0.1, -0.05) is 30.3 Å². The van der Waals surface area contributed by atoms with Crippen molar-refractivity contribution in [1.29, 1.82) is 0 Å². The van der Waals surface area contributed by atoms with Crippen LogP contribution in [0.2, 0.25) is 0 Å². The van der Waals surface area contributed by atoms with Crippen molar-refractivity contribution >= 4 is 11.6 Å². The molecule has 1 aromatic rings. The molecule has 1 nitrogen and oxygen atoms in total. The van der Waals surface area contributed by atoms with Crippen LogP contribution < -0.4 is 0 Å². The third-order valence-electron chi connectivity index (χ3n) is 1.38. The topological polar surface area (TPSA) is 17.1 Å². The molecule has 0 saturated heterocycles. The maximum atomic E-state index is 13.0. The van der Waals surface area contributed by atoms with Crippen LogP contribution in [0.3, 0.4) is 0 Å². The number of benzene rings is 1. The highest BCUT2D eigenvalue weighted by molar-refractivity contribution is 5.93. The molecule has 0 aliphatic heterocycles. The van der Waals surface area contributed by atoms with Crippen LogP contribution >= 0.6 is 0 Å². The summed E-state index contributed by atoms with van der Waals surface area (Å²) in [5, 5.41) is 0. The lowest BCUT2D eigenvalue weighted by atomic mass is 10.2. The number of hydrogen-bond acceptors (Lipinski definition) is 1. The molecule has 0 aliphatic carbocycles. The van der Waals surface area contributed by atoms with Gasteiger partial charge in [-0.25, -0.2) is 4.39 Å². The molecule has 0 heterocycles. The quantitative estimate of drug-likeness (QED) is 0.614. The molecule has 0 fully saturated rings. The normalized spacial score (nSPS) is 11.3. The molecule has 0 bridgehead atoms. The Balaban J connectivity index is 2.93. The first kappa shape index (κ1) is 8.65. The summed E-state index contributed by atoms with van der Waals surface area (Å²) in [4.78, 5) is 10.5. The number of hydrogen-bond donors (Lipinski definition) is 0. The molecule has 0 spiro atoms. The van der Waals surface area contributed by atoms with Crippen molar-refractivity contribution in [2.24, 2.45) is 0 Å². The van der Waals surface area contributed by atoms with Gasteiger partial charge in [-0.2, -0.15) is 0 Å². The molecule has 0 amide bonds. The van der Waals surface area contributed by atoms with Crippen molar-refractivity contribution in [3.05, 3.63) is 42.0 Å². The summed E-state index contributed by atoms with van der Waals surface area (Å²) in [6, 6.07) is 8.49. The molecule has 2 heteroatoms. The van der Waals surface area contributed by atoms with E-state index in [1.54, 1.807) is 30.3 Å². The van der Waals surface area contributed by atoms with Gasteiger partial charge in [-0.05, 0) is 6.92 Å². The van der Waals surface area contributed by atoms with Crippen molar-refractivity contribution in [1.82, 2.24) is 0 Å². The maximum Gasteiger partial charge on any atom is 0.155 e. The zero-order chi connectivity index (χ0) is 8.97. The molecule has 0 saturated carbocycles. The summed E-state index contributed by atoms with van der Waals surface area (Å²) < 4.78 is 13.0. The number of ketones is 1. The van der Waals surface area contributed by atoms with Gasteiger partial charge in [0.2, 0.25) is 0 Å². The summed E-state index contributed by atoms with van der Waals surface area (Å²) in [7, 11) is 0. The fourth-order valence-electron chi connectivity index (χ4n) is 0.859. The van der Waals surface area contributed by atoms with E-state index in [1.807, 2.05) is 0 Å². The zero-order valence-corrected chi connectivity index (χ0v) is 6.75. The Hall–Kier alpha value is -1.44. The second-order valence-electron chi connectivity index (χ2n) is 2.47. The minimum absolute atomic E-state index is 0.281. The van der Waals surface area contributed by atoms with Crippen LogP contribution in [0.4, 0.5) is 4.39 Å². The van der Waals surface area contributed by atoms with Crippen LogP contribution in [0.25, 0.3) is 5.83 Å². The van der Waals surface area contributed by atoms with Crippen LogP contribution in [0.15, 0.2) is 36.4 Å². The maximum absolute atomic E-state index is 13.0. The Labute approximate surface area is 70.5 Å². The molecule has 0 unspecified atom stereocenters. The van der Waals surface area contributed by atoms with Gasteiger partial charge in [0, 0.05) is 11.6 Å². The third kappa shape index (κ3) is 2.31. The van der Waals surface area contributed by atoms with Crippen molar-refractivity contribution in [3.8, 4) is 0 Å². The molecule has 0 N–H and O–H groups in total. The zero-order valence-electron chi connectivity index (χ0n) is 6.75. The molecule has 62 valence electrons. The first-order chi connectivity index (χ1) is 5.70. The molecule has 0 aliphatic rings. The highest BCUT2D eigenvalue weighted by Gasteiger charge is 1.98. The van der Waals surface area contributed by atoms with E-state index in [0.717, 1.165) is 6.08 Å². The number of halogens is 1. The minimum Gasteiger partial charge on any atom is -0.295 e. The van der Waals surface area contributed by atoms with E-state index >= 15 is 0 Å². The van der Waals surface area contributed by atoms with Gasteiger partial charge in [0.05, 0.1) is 0 Å². The lowest BCUT2D eigenvalue weighted by Crippen LogP contribution is -1.84. The SMILES string of the molecule is CC(=O)/C=C(\F)c1ccccc1. The molecule has 1 aromatic carbocycles. The van der Waals surface area contributed by atoms with E-state index in [2.05, 4.69) is 0 Å². The van der Waals surface area contributed by atoms with Crippen molar-refractivity contribution in [3.63, 3.8) is 0 Å². The number of carbonyl (C=O) groups excluding carboxylic acids is 1. The summed E-state index contributed by atoms with van der Waals surface area (Å²) in [5.41, 5.74) is 0.438. The summed E-state index contributed by atoms with van der Waals surface area (Å²) >= 11 is 0. The number of allylic oxidation sites excluding steroid dienone is 1. The molecule has 0 radical (unpaired) electrons. The monoisotopic (exact) mass is 164 g/mol. The first-order valence-corrected chi connectivity index (χ1v) is 3.63. The fraction of sp³-hybridized carbons (Fsp3) is 0.100. The lowest BCUT2D eigenvalue weighted by Gasteiger charge is -1.94. The Bertz CT molecular complexity index is 301. The van der Waals surface area contributed by atoms with Crippen molar-refractivity contribution < 1.29 is 9.18 Å². The van der Waals surface area contributed by atoms with E-state index in [-0.39, 0.29) is 5.78 Å². The predicted octanol–water partition coefficient (Wildman–Crippen LogP) is 2.59. The van der Waals surface area contributed by atoms with E-state index in [1.165, 1.54) is 6.92 Å². The van der Waals surface area contributed by atoms with Crippen LogP contribution in [0.5, 0.6) is 0 Å². The lowest BCUT2D eigenvalue weighted by molar-refractivity contribution is -0.112. The number of carbonyl (C=O) groups is 1. The Morgan fingerprint density at radius 1 is 1.33 bits per heavy atom. The highest BCUT2D eigenvalue weighted by Crippen LogP contribution is 2.14. The average molecular weight is 164 g/mol. The highest BCUT2D eigenvalue weighted by atomic mass is 19.1. The Kier molecular flexibility index (Phi) is 2.75. The van der Waals surface area contributed by atoms with Crippen LogP contribution in [-0.4, -0.2) is 5.78 Å². The molecule has 12 heavy (non-hydrogen) atoms. The van der Waals surface area contributed by atoms with E-state index in [9.17, 15) is 9.18 Å². The molecular weight excluding hydrogens is 155 g/mol. The molecule has 0 atom stereocenters. The van der Waals surface area contributed by atoms with Crippen molar-refractivity contribution in [2.75, 3.05) is 0 Å². The Morgan fingerprint density at radius 2 is 1.92 bits per heavy atom. The summed E-state index contributed by atoms with van der Waals surface area (Å²) in [6.45, 7) is 1.32. The fourth-order valence-corrected chi connectivity index (χ4v) is 0.859. The van der Waals surface area contributed by atoms with Gasteiger partial charge < -0.3 is 0 Å². The van der Waals surface area contributed by atoms with Gasteiger partial charge in [0.15, 0.2) is 5.78 Å². The van der Waals surface area contributed by atoms with Gasteiger partial charge in [0.1, 0.15) is 5.83 Å². The molecular formula is C10H9FO. The first-order valence-electron chi connectivity index (χ1n) is 3.63. The Morgan fingerprint density at radius 3 is 2.42 bits per heavy atom. The molecule has 1 rings (SSSR count). The summed E-state index contributed by atoms with van der Waals surface area (Å²) in [6.07, 6.45) is 0.981. The van der Waals surface area contributed by atoms with Crippen LogP contribution in [0.1, 0.15) is 12.5 Å². The number of rotatable bonds is 2. The van der Waals surface area contributed by atoms with Crippen molar-refractivity contribution in [2.45, 2.75) is 6.92 Å². The third-order valence-corrected chi connectivity index (χ3v) is 1.38. The van der Waals surface area contributed by atoms with E-state index in [0.29, 0.717) is 5.56 Å². The van der Waals surface area contributed by atoms with E-state index < -0.39 is 5.83 Å². The second kappa shape index (κ2) is 3.81. The summed E-state index contributed by atoms with van der Waals surface area (Å²) in [5.74, 6) is -0.764. The van der Waals surface area contributed by atoms with Gasteiger partial charge in [-0.15, -0.1) is 0 Å². The van der Waals surface area contributed by atoms with Gasteiger partial charge in [-0.3, -0.25) is 4.79 Å². The van der Waals surface area contributed by atoms with Gasteiger partial charge in [0.25, 0.3) is 0 Å². The largest absolute Gasteiger partial charge is 0.295 e. The molecule has 0 aromatic heterocycles. The smallest absolute Gasteiger partial charge is 0.155 e. The van der Waals surface area contributed by atoms with E-state index in [4.69, 9.17) is 0 Å². The average Bonchev–Trinajstić information content (AvgIpc) is 2.05. The van der Waals surface area contributed by atoms with Crippen LogP contribution in [0, 0.1) is 0 Å². The van der Waals surface area contributed by atoms with Crippen LogP contribution in [-0.2, 0) is 4.79 Å².